The summed E-state index contributed by atoms with van der Waals surface area (Å²) >= 11 is 0. The highest BCUT2D eigenvalue weighted by Gasteiger charge is 2.15. The minimum Gasteiger partial charge on any atom is -0.481 e. The van der Waals surface area contributed by atoms with Crippen molar-refractivity contribution in [2.75, 3.05) is 7.11 Å². The van der Waals surface area contributed by atoms with Gasteiger partial charge in [0.15, 0.2) is 0 Å². The molecule has 1 aromatic carbocycles. The first-order chi connectivity index (χ1) is 11.6. The molecule has 0 aliphatic carbocycles. The molecule has 7 heteroatoms. The lowest BCUT2D eigenvalue weighted by Gasteiger charge is -2.15. The number of aryl methyl sites for hydroxylation is 2. The minimum absolute atomic E-state index is 0.208. The zero-order valence-electron chi connectivity index (χ0n) is 14.4. The Hall–Kier alpha value is -2.67. The van der Waals surface area contributed by atoms with Crippen LogP contribution in [0.4, 0.5) is 0 Å². The van der Waals surface area contributed by atoms with Crippen molar-refractivity contribution < 1.29 is 4.74 Å². The highest BCUT2D eigenvalue weighted by Crippen LogP contribution is 2.22. The predicted octanol–water partition coefficient (Wildman–Crippen LogP) is 2.17. The average Bonchev–Trinajstić information content (AvgIpc) is 3.20. The van der Waals surface area contributed by atoms with E-state index in [2.05, 4.69) is 39.6 Å². The van der Waals surface area contributed by atoms with Gasteiger partial charge >= 0.3 is 0 Å². The second-order valence-corrected chi connectivity index (χ2v) is 5.73. The van der Waals surface area contributed by atoms with Gasteiger partial charge in [-0.15, -0.1) is 0 Å². The van der Waals surface area contributed by atoms with Crippen LogP contribution in [0.25, 0.3) is 5.69 Å². The number of hydrogen-bond donors (Lipinski definition) is 1. The van der Waals surface area contributed by atoms with Gasteiger partial charge in [-0.2, -0.15) is 10.2 Å². The molecule has 1 atom stereocenters. The fourth-order valence-electron chi connectivity index (χ4n) is 2.77. The van der Waals surface area contributed by atoms with Crippen LogP contribution in [0.2, 0.25) is 0 Å². The second kappa shape index (κ2) is 6.84. The minimum atomic E-state index is 0.208. The van der Waals surface area contributed by atoms with Crippen molar-refractivity contribution in [3.63, 3.8) is 0 Å². The first kappa shape index (κ1) is 16.2. The number of hydrogen-bond acceptors (Lipinski definition) is 5. The third kappa shape index (κ3) is 3.16. The van der Waals surface area contributed by atoms with E-state index in [9.17, 15) is 0 Å². The molecule has 0 saturated heterocycles. The van der Waals surface area contributed by atoms with E-state index in [1.54, 1.807) is 22.8 Å². The Morgan fingerprint density at radius 1 is 1.25 bits per heavy atom. The SMILES string of the molecule is COc1c(CN[C@@H](C)c2ccc(-n3cncn3)cc2)c(C)nn1C. The fourth-order valence-corrected chi connectivity index (χ4v) is 2.77. The Kier molecular flexibility index (Phi) is 4.61. The van der Waals surface area contributed by atoms with Gasteiger partial charge in [-0.1, -0.05) is 12.1 Å². The number of benzene rings is 1. The molecule has 0 bridgehead atoms. The van der Waals surface area contributed by atoms with Gasteiger partial charge in [0.1, 0.15) is 12.7 Å². The van der Waals surface area contributed by atoms with Crippen LogP contribution in [0.3, 0.4) is 0 Å². The maximum Gasteiger partial charge on any atom is 0.216 e. The average molecular weight is 326 g/mol. The lowest BCUT2D eigenvalue weighted by atomic mass is 10.1. The number of nitrogens with one attached hydrogen (secondary N) is 1. The molecule has 3 aromatic rings. The van der Waals surface area contributed by atoms with Gasteiger partial charge in [0.05, 0.1) is 24.1 Å². The van der Waals surface area contributed by atoms with E-state index in [1.807, 2.05) is 26.1 Å². The van der Waals surface area contributed by atoms with E-state index in [0.717, 1.165) is 22.8 Å². The Bertz CT molecular complexity index is 791. The van der Waals surface area contributed by atoms with E-state index < -0.39 is 0 Å². The molecule has 0 fully saturated rings. The molecule has 7 nitrogen and oxygen atoms in total. The molecule has 0 aliphatic rings. The molecular formula is C17H22N6O. The number of methoxy groups -OCH3 is 1. The van der Waals surface area contributed by atoms with E-state index >= 15 is 0 Å². The molecule has 2 heterocycles. The Morgan fingerprint density at radius 2 is 2.00 bits per heavy atom. The third-order valence-corrected chi connectivity index (χ3v) is 4.14. The lowest BCUT2D eigenvalue weighted by molar-refractivity contribution is 0.367. The zero-order chi connectivity index (χ0) is 17.1. The molecule has 0 aliphatic heterocycles. The molecule has 0 unspecified atom stereocenters. The summed E-state index contributed by atoms with van der Waals surface area (Å²) in [5, 5.41) is 12.1. The molecule has 24 heavy (non-hydrogen) atoms. The van der Waals surface area contributed by atoms with Gasteiger partial charge in [0.25, 0.3) is 0 Å². The van der Waals surface area contributed by atoms with E-state index in [0.29, 0.717) is 6.54 Å². The first-order valence-electron chi connectivity index (χ1n) is 7.85. The molecule has 3 rings (SSSR count). The summed E-state index contributed by atoms with van der Waals surface area (Å²) in [6, 6.07) is 8.49. The van der Waals surface area contributed by atoms with Gasteiger partial charge in [-0.3, -0.25) is 0 Å². The zero-order valence-corrected chi connectivity index (χ0v) is 14.4. The van der Waals surface area contributed by atoms with Crippen molar-refractivity contribution in [2.45, 2.75) is 26.4 Å². The van der Waals surface area contributed by atoms with Crippen LogP contribution in [-0.2, 0) is 13.6 Å². The second-order valence-electron chi connectivity index (χ2n) is 5.73. The summed E-state index contributed by atoms with van der Waals surface area (Å²) in [7, 11) is 3.56. The standard InChI is InChI=1S/C17H22N6O/c1-12(19-9-16-13(2)21-22(3)17(16)24-4)14-5-7-15(8-6-14)23-11-18-10-20-23/h5-8,10-12,19H,9H2,1-4H3/t12-/m0/s1. The van der Waals surface area contributed by atoms with Gasteiger partial charge < -0.3 is 10.1 Å². The van der Waals surface area contributed by atoms with Gasteiger partial charge in [-0.25, -0.2) is 14.3 Å². The Morgan fingerprint density at radius 3 is 2.62 bits per heavy atom. The number of nitrogens with zero attached hydrogens (tertiary/aromatic N) is 5. The summed E-state index contributed by atoms with van der Waals surface area (Å²) in [6.45, 7) is 4.84. The molecule has 126 valence electrons. The normalized spacial score (nSPS) is 12.3. The highest BCUT2D eigenvalue weighted by molar-refractivity contribution is 5.35. The Labute approximate surface area is 141 Å². The maximum atomic E-state index is 5.44. The van der Waals surface area contributed by atoms with Crippen LogP contribution in [-0.4, -0.2) is 31.7 Å². The number of rotatable bonds is 6. The molecular weight excluding hydrogens is 304 g/mol. The van der Waals surface area contributed by atoms with Gasteiger partial charge in [0, 0.05) is 19.6 Å². The maximum absolute atomic E-state index is 5.44. The van der Waals surface area contributed by atoms with Crippen molar-refractivity contribution in [2.24, 2.45) is 7.05 Å². The van der Waals surface area contributed by atoms with Crippen molar-refractivity contribution in [3.8, 4) is 11.6 Å². The van der Waals surface area contributed by atoms with E-state index in [4.69, 9.17) is 4.74 Å². The molecule has 0 radical (unpaired) electrons. The molecule has 0 amide bonds. The van der Waals surface area contributed by atoms with Crippen molar-refractivity contribution in [1.29, 1.82) is 0 Å². The highest BCUT2D eigenvalue weighted by atomic mass is 16.5. The summed E-state index contributed by atoms with van der Waals surface area (Å²) in [5.41, 5.74) is 4.27. The largest absolute Gasteiger partial charge is 0.481 e. The van der Waals surface area contributed by atoms with Crippen LogP contribution in [0.15, 0.2) is 36.9 Å². The summed E-state index contributed by atoms with van der Waals surface area (Å²) in [5.74, 6) is 0.800. The van der Waals surface area contributed by atoms with Crippen LogP contribution in [0.1, 0.15) is 29.8 Å². The first-order valence-corrected chi connectivity index (χ1v) is 7.85. The lowest BCUT2D eigenvalue weighted by Crippen LogP contribution is -2.18. The smallest absolute Gasteiger partial charge is 0.216 e. The van der Waals surface area contributed by atoms with Crippen LogP contribution < -0.4 is 10.1 Å². The Balaban J connectivity index is 1.68. The van der Waals surface area contributed by atoms with Crippen molar-refractivity contribution >= 4 is 0 Å². The molecule has 2 aromatic heterocycles. The predicted molar refractivity (Wildman–Crippen MR) is 91.1 cm³/mol. The topological polar surface area (TPSA) is 69.8 Å². The van der Waals surface area contributed by atoms with Crippen LogP contribution in [0.5, 0.6) is 5.88 Å². The number of aromatic nitrogens is 5. The van der Waals surface area contributed by atoms with E-state index in [1.165, 1.54) is 11.9 Å². The fraction of sp³-hybridized carbons (Fsp3) is 0.353. The monoisotopic (exact) mass is 326 g/mol. The molecule has 0 spiro atoms. The van der Waals surface area contributed by atoms with Gasteiger partial charge in [-0.05, 0) is 31.5 Å². The third-order valence-electron chi connectivity index (χ3n) is 4.14. The van der Waals surface area contributed by atoms with Crippen LogP contribution >= 0.6 is 0 Å². The molecule has 0 saturated carbocycles. The van der Waals surface area contributed by atoms with Gasteiger partial charge in [0.2, 0.25) is 5.88 Å². The summed E-state index contributed by atoms with van der Waals surface area (Å²) in [6.07, 6.45) is 3.22. The van der Waals surface area contributed by atoms with E-state index in [-0.39, 0.29) is 6.04 Å². The van der Waals surface area contributed by atoms with Crippen LogP contribution in [0, 0.1) is 6.92 Å². The summed E-state index contributed by atoms with van der Waals surface area (Å²) in [4.78, 5) is 3.97. The van der Waals surface area contributed by atoms with Crippen molar-refractivity contribution in [3.05, 3.63) is 53.7 Å². The number of ether oxygens (including phenoxy) is 1. The summed E-state index contributed by atoms with van der Waals surface area (Å²) < 4.78 is 8.95. The van der Waals surface area contributed by atoms with Crippen molar-refractivity contribution in [1.82, 2.24) is 29.9 Å². The molecule has 1 N–H and O–H groups in total. The quantitative estimate of drug-likeness (QED) is 0.752.